The molecule has 1 unspecified atom stereocenters. The Labute approximate surface area is 89.9 Å². The molecule has 0 fully saturated rings. The van der Waals surface area contributed by atoms with E-state index in [1.165, 1.54) is 0 Å². The molecule has 1 aromatic rings. The van der Waals surface area contributed by atoms with E-state index in [2.05, 4.69) is 0 Å². The molecular weight excluding hydrogens is 190 g/mol. The van der Waals surface area contributed by atoms with Crippen LogP contribution in [0, 0.1) is 11.3 Å². The lowest BCUT2D eigenvalue weighted by molar-refractivity contribution is 0.00839. The molecule has 1 aromatic carbocycles. The summed E-state index contributed by atoms with van der Waals surface area (Å²) in [5.74, 6) is 0.522. The van der Waals surface area contributed by atoms with Crippen LogP contribution in [-0.2, 0) is 0 Å². The summed E-state index contributed by atoms with van der Waals surface area (Å²) in [6.07, 6.45) is 0.613. The lowest BCUT2D eigenvalue weighted by atomic mass is 10.1. The minimum Gasteiger partial charge on any atom is -0.489 e. The molecule has 1 N–H and O–H groups in total. The molecule has 1 atom stereocenters. The fourth-order valence-corrected chi connectivity index (χ4v) is 1.02. The van der Waals surface area contributed by atoms with Crippen molar-refractivity contribution in [1.29, 1.82) is 5.26 Å². The zero-order valence-electron chi connectivity index (χ0n) is 9.03. The van der Waals surface area contributed by atoms with Crippen molar-refractivity contribution < 1.29 is 9.84 Å². The van der Waals surface area contributed by atoms with E-state index in [-0.39, 0.29) is 6.61 Å². The summed E-state index contributed by atoms with van der Waals surface area (Å²) in [6, 6.07) is 9.04. The van der Waals surface area contributed by atoms with Crippen LogP contribution in [0.15, 0.2) is 24.3 Å². The quantitative estimate of drug-likeness (QED) is 0.818. The van der Waals surface area contributed by atoms with E-state index in [0.29, 0.717) is 17.7 Å². The lowest BCUT2D eigenvalue weighted by Crippen LogP contribution is -2.31. The Morgan fingerprint density at radius 1 is 1.47 bits per heavy atom. The molecule has 0 aromatic heterocycles. The van der Waals surface area contributed by atoms with E-state index in [9.17, 15) is 5.11 Å². The van der Waals surface area contributed by atoms with Gasteiger partial charge in [-0.25, -0.2) is 0 Å². The zero-order chi connectivity index (χ0) is 11.3. The smallest absolute Gasteiger partial charge is 0.137 e. The molecule has 0 aliphatic heterocycles. The number of ether oxygens (including phenoxy) is 1. The van der Waals surface area contributed by atoms with Gasteiger partial charge in [0, 0.05) is 0 Å². The van der Waals surface area contributed by atoms with E-state index < -0.39 is 5.60 Å². The molecule has 3 nitrogen and oxygen atoms in total. The Kier molecular flexibility index (Phi) is 3.70. The average molecular weight is 205 g/mol. The van der Waals surface area contributed by atoms with E-state index >= 15 is 0 Å². The van der Waals surface area contributed by atoms with Crippen LogP contribution >= 0.6 is 0 Å². The van der Waals surface area contributed by atoms with Crippen molar-refractivity contribution >= 4 is 0 Å². The summed E-state index contributed by atoms with van der Waals surface area (Å²) in [5, 5.41) is 18.6. The van der Waals surface area contributed by atoms with Gasteiger partial charge < -0.3 is 9.84 Å². The SMILES string of the molecule is CCC(C)(O)COc1ccccc1C#N. The van der Waals surface area contributed by atoms with Gasteiger partial charge in [0.25, 0.3) is 0 Å². The predicted molar refractivity (Wildman–Crippen MR) is 57.6 cm³/mol. The molecule has 0 aliphatic carbocycles. The van der Waals surface area contributed by atoms with Crippen molar-refractivity contribution in [2.24, 2.45) is 0 Å². The van der Waals surface area contributed by atoms with Gasteiger partial charge in [-0.1, -0.05) is 19.1 Å². The van der Waals surface area contributed by atoms with Crippen LogP contribution in [-0.4, -0.2) is 17.3 Å². The number of hydrogen-bond acceptors (Lipinski definition) is 3. The highest BCUT2D eigenvalue weighted by molar-refractivity contribution is 5.42. The summed E-state index contributed by atoms with van der Waals surface area (Å²) < 4.78 is 5.41. The standard InChI is InChI=1S/C12H15NO2/c1-3-12(2,14)9-15-11-7-5-4-6-10(11)8-13/h4-7,14H,3,9H2,1-2H3. The number of para-hydroxylation sites is 1. The molecule has 1 rings (SSSR count). The lowest BCUT2D eigenvalue weighted by Gasteiger charge is -2.21. The average Bonchev–Trinajstić information content (AvgIpc) is 2.27. The number of rotatable bonds is 4. The Hall–Kier alpha value is -1.53. The first kappa shape index (κ1) is 11.5. The number of benzene rings is 1. The Bertz CT molecular complexity index is 366. The van der Waals surface area contributed by atoms with Gasteiger partial charge in [-0.15, -0.1) is 0 Å². The van der Waals surface area contributed by atoms with Crippen molar-refractivity contribution in [3.8, 4) is 11.8 Å². The van der Waals surface area contributed by atoms with Crippen molar-refractivity contribution in [3.63, 3.8) is 0 Å². The summed E-state index contributed by atoms with van der Waals surface area (Å²) in [5.41, 5.74) is -0.354. The maximum absolute atomic E-state index is 9.74. The van der Waals surface area contributed by atoms with Gasteiger partial charge in [-0.2, -0.15) is 5.26 Å². The third-order valence-electron chi connectivity index (χ3n) is 2.31. The summed E-state index contributed by atoms with van der Waals surface area (Å²) in [7, 11) is 0. The molecule has 0 radical (unpaired) electrons. The highest BCUT2D eigenvalue weighted by Gasteiger charge is 2.18. The van der Waals surface area contributed by atoms with Gasteiger partial charge in [0.15, 0.2) is 0 Å². The van der Waals surface area contributed by atoms with E-state index in [0.717, 1.165) is 0 Å². The third-order valence-corrected chi connectivity index (χ3v) is 2.31. The third kappa shape index (κ3) is 3.26. The van der Waals surface area contributed by atoms with Crippen LogP contribution in [0.1, 0.15) is 25.8 Å². The Balaban J connectivity index is 2.70. The van der Waals surface area contributed by atoms with Gasteiger partial charge in [-0.3, -0.25) is 0 Å². The van der Waals surface area contributed by atoms with Crippen molar-refractivity contribution in [2.75, 3.05) is 6.61 Å². The van der Waals surface area contributed by atoms with Gasteiger partial charge in [0.2, 0.25) is 0 Å². The fourth-order valence-electron chi connectivity index (χ4n) is 1.02. The molecule has 80 valence electrons. The first-order valence-corrected chi connectivity index (χ1v) is 4.93. The van der Waals surface area contributed by atoms with Gasteiger partial charge in [-0.05, 0) is 25.5 Å². The first-order valence-electron chi connectivity index (χ1n) is 4.93. The minimum absolute atomic E-state index is 0.197. The van der Waals surface area contributed by atoms with Crippen molar-refractivity contribution in [3.05, 3.63) is 29.8 Å². The Morgan fingerprint density at radius 3 is 2.73 bits per heavy atom. The van der Waals surface area contributed by atoms with E-state index in [1.807, 2.05) is 13.0 Å². The first-order chi connectivity index (χ1) is 7.09. The fraction of sp³-hybridized carbons (Fsp3) is 0.417. The summed E-state index contributed by atoms with van der Waals surface area (Å²) in [4.78, 5) is 0. The van der Waals surface area contributed by atoms with E-state index in [1.54, 1.807) is 31.2 Å². The second-order valence-electron chi connectivity index (χ2n) is 3.75. The summed E-state index contributed by atoms with van der Waals surface area (Å²) >= 11 is 0. The predicted octanol–water partition coefficient (Wildman–Crippen LogP) is 2.10. The summed E-state index contributed by atoms with van der Waals surface area (Å²) in [6.45, 7) is 3.80. The molecule has 0 heterocycles. The molecule has 0 amide bonds. The zero-order valence-corrected chi connectivity index (χ0v) is 9.03. The Morgan fingerprint density at radius 2 is 2.13 bits per heavy atom. The number of hydrogen-bond donors (Lipinski definition) is 1. The maximum Gasteiger partial charge on any atom is 0.137 e. The molecule has 0 saturated heterocycles. The van der Waals surface area contributed by atoms with Gasteiger partial charge in [0.05, 0.1) is 11.2 Å². The van der Waals surface area contributed by atoms with Crippen molar-refractivity contribution in [2.45, 2.75) is 25.9 Å². The second-order valence-corrected chi connectivity index (χ2v) is 3.75. The largest absolute Gasteiger partial charge is 0.489 e. The van der Waals surface area contributed by atoms with Crippen LogP contribution in [0.5, 0.6) is 5.75 Å². The minimum atomic E-state index is -0.845. The highest BCUT2D eigenvalue weighted by atomic mass is 16.5. The van der Waals surface area contributed by atoms with Crippen LogP contribution in [0.2, 0.25) is 0 Å². The molecule has 3 heteroatoms. The molecule has 0 aliphatic rings. The molecule has 15 heavy (non-hydrogen) atoms. The monoisotopic (exact) mass is 205 g/mol. The topological polar surface area (TPSA) is 53.2 Å². The van der Waals surface area contributed by atoms with E-state index in [4.69, 9.17) is 10.00 Å². The van der Waals surface area contributed by atoms with Crippen molar-refractivity contribution in [1.82, 2.24) is 0 Å². The molecule has 0 saturated carbocycles. The van der Waals surface area contributed by atoms with Crippen LogP contribution in [0.25, 0.3) is 0 Å². The van der Waals surface area contributed by atoms with Crippen LogP contribution < -0.4 is 4.74 Å². The van der Waals surface area contributed by atoms with Crippen LogP contribution in [0.4, 0.5) is 0 Å². The van der Waals surface area contributed by atoms with Gasteiger partial charge in [0.1, 0.15) is 18.4 Å². The molecular formula is C12H15NO2. The number of nitriles is 1. The second kappa shape index (κ2) is 4.81. The highest BCUT2D eigenvalue weighted by Crippen LogP contribution is 2.19. The molecule has 0 bridgehead atoms. The normalized spacial score (nSPS) is 14.0. The molecule has 0 spiro atoms. The van der Waals surface area contributed by atoms with Gasteiger partial charge >= 0.3 is 0 Å². The number of nitrogens with zero attached hydrogens (tertiary/aromatic N) is 1. The van der Waals surface area contributed by atoms with Crippen LogP contribution in [0.3, 0.4) is 0 Å². The number of aliphatic hydroxyl groups is 1. The maximum atomic E-state index is 9.74.